The van der Waals surface area contributed by atoms with Gasteiger partial charge in [0, 0.05) is 45.0 Å². The molecule has 0 aromatic carbocycles. The molecule has 0 unspecified atom stereocenters. The number of halogens is 1. The minimum Gasteiger partial charge on any atom is -0.395 e. The van der Waals surface area contributed by atoms with Gasteiger partial charge in [-0.15, -0.1) is 11.6 Å². The number of amides is 1. The van der Waals surface area contributed by atoms with Crippen LogP contribution in [0.3, 0.4) is 0 Å². The Bertz CT molecular complexity index is 194. The van der Waals surface area contributed by atoms with Crippen LogP contribution >= 0.6 is 11.6 Å². The van der Waals surface area contributed by atoms with Gasteiger partial charge in [-0.3, -0.25) is 9.69 Å². The van der Waals surface area contributed by atoms with Crippen molar-refractivity contribution >= 4 is 17.5 Å². The monoisotopic (exact) mass is 234 g/mol. The summed E-state index contributed by atoms with van der Waals surface area (Å²) in [6, 6.07) is 0. The Hall–Kier alpha value is -0.320. The maximum absolute atomic E-state index is 11.6. The fraction of sp³-hybridized carbons (Fsp3) is 0.900. The molecule has 15 heavy (non-hydrogen) atoms. The lowest BCUT2D eigenvalue weighted by molar-refractivity contribution is -0.133. The summed E-state index contributed by atoms with van der Waals surface area (Å²) in [6.07, 6.45) is 1.32. The summed E-state index contributed by atoms with van der Waals surface area (Å²) in [5, 5.41) is 8.77. The molecule has 0 spiro atoms. The van der Waals surface area contributed by atoms with Gasteiger partial charge in [-0.2, -0.15) is 0 Å². The van der Waals surface area contributed by atoms with E-state index in [1.165, 1.54) is 0 Å². The first-order valence-corrected chi connectivity index (χ1v) is 5.98. The number of piperazine rings is 1. The van der Waals surface area contributed by atoms with Crippen LogP contribution in [0.1, 0.15) is 12.8 Å². The van der Waals surface area contributed by atoms with Crippen molar-refractivity contribution in [1.29, 1.82) is 0 Å². The van der Waals surface area contributed by atoms with Crippen molar-refractivity contribution in [3.05, 3.63) is 0 Å². The zero-order chi connectivity index (χ0) is 11.1. The molecule has 0 atom stereocenters. The summed E-state index contributed by atoms with van der Waals surface area (Å²) in [5.41, 5.74) is 0. The van der Waals surface area contributed by atoms with Crippen LogP contribution in [0, 0.1) is 0 Å². The Morgan fingerprint density at radius 2 is 1.93 bits per heavy atom. The maximum atomic E-state index is 11.6. The number of hydrogen-bond donors (Lipinski definition) is 1. The predicted octanol–water partition coefficient (Wildman–Crippen LogP) is 0.142. The highest BCUT2D eigenvalue weighted by Crippen LogP contribution is 2.05. The van der Waals surface area contributed by atoms with E-state index in [2.05, 4.69) is 4.90 Å². The smallest absolute Gasteiger partial charge is 0.222 e. The first kappa shape index (κ1) is 12.7. The molecule has 1 aliphatic rings. The van der Waals surface area contributed by atoms with Crippen molar-refractivity contribution in [2.45, 2.75) is 12.8 Å². The van der Waals surface area contributed by atoms with Gasteiger partial charge in [-0.05, 0) is 6.42 Å². The number of aliphatic hydroxyl groups is 1. The third-order valence-electron chi connectivity index (χ3n) is 2.67. The number of nitrogens with zero attached hydrogens (tertiary/aromatic N) is 2. The zero-order valence-corrected chi connectivity index (χ0v) is 9.75. The van der Waals surface area contributed by atoms with E-state index in [1.54, 1.807) is 0 Å². The van der Waals surface area contributed by atoms with E-state index >= 15 is 0 Å². The van der Waals surface area contributed by atoms with Gasteiger partial charge < -0.3 is 10.0 Å². The number of β-amino-alcohol motifs (C(OH)–C–C–N with tert-alkyl or cyclic N) is 1. The molecule has 0 aliphatic carbocycles. The highest BCUT2D eigenvalue weighted by molar-refractivity contribution is 6.17. The second-order valence-electron chi connectivity index (χ2n) is 3.74. The highest BCUT2D eigenvalue weighted by Gasteiger charge is 2.19. The van der Waals surface area contributed by atoms with Crippen LogP contribution in [-0.2, 0) is 4.79 Å². The second-order valence-corrected chi connectivity index (χ2v) is 4.12. The average Bonchev–Trinajstić information content (AvgIpc) is 2.27. The van der Waals surface area contributed by atoms with Crippen molar-refractivity contribution in [1.82, 2.24) is 9.80 Å². The summed E-state index contributed by atoms with van der Waals surface area (Å²) >= 11 is 5.54. The minimum absolute atomic E-state index is 0.195. The van der Waals surface area contributed by atoms with Gasteiger partial charge in [0.2, 0.25) is 5.91 Å². The van der Waals surface area contributed by atoms with Gasteiger partial charge in [0.05, 0.1) is 6.61 Å². The van der Waals surface area contributed by atoms with Crippen LogP contribution in [0.4, 0.5) is 0 Å². The lowest BCUT2D eigenvalue weighted by atomic mass is 10.2. The number of carbonyl (C=O) groups is 1. The Labute approximate surface area is 95.8 Å². The van der Waals surface area contributed by atoms with Crippen LogP contribution in [0.5, 0.6) is 0 Å². The molecule has 0 bridgehead atoms. The molecule has 0 saturated carbocycles. The lowest BCUT2D eigenvalue weighted by Gasteiger charge is -2.34. The highest BCUT2D eigenvalue weighted by atomic mass is 35.5. The molecule has 1 heterocycles. The van der Waals surface area contributed by atoms with Crippen LogP contribution in [0.25, 0.3) is 0 Å². The van der Waals surface area contributed by atoms with E-state index in [-0.39, 0.29) is 12.5 Å². The molecule has 1 aliphatic heterocycles. The maximum Gasteiger partial charge on any atom is 0.222 e. The first-order valence-electron chi connectivity index (χ1n) is 5.45. The molecule has 1 N–H and O–H groups in total. The predicted molar refractivity (Wildman–Crippen MR) is 60.1 cm³/mol. The quantitative estimate of drug-likeness (QED) is 0.689. The minimum atomic E-state index is 0.195. The number of rotatable bonds is 5. The lowest BCUT2D eigenvalue weighted by Crippen LogP contribution is -2.49. The third kappa shape index (κ3) is 4.36. The Morgan fingerprint density at radius 3 is 2.47 bits per heavy atom. The van der Waals surface area contributed by atoms with E-state index in [0.717, 1.165) is 32.6 Å². The standard InChI is InChI=1S/C10H19ClN2O2/c11-3-1-2-10(15)13-6-4-12(5-7-13)8-9-14/h14H,1-9H2. The second kappa shape index (κ2) is 7.04. The Balaban J connectivity index is 2.21. The fourth-order valence-electron chi connectivity index (χ4n) is 1.74. The summed E-state index contributed by atoms with van der Waals surface area (Å²) in [5.74, 6) is 0.759. The van der Waals surface area contributed by atoms with Crippen LogP contribution in [-0.4, -0.2) is 66.0 Å². The number of carbonyl (C=O) groups excluding carboxylic acids is 1. The Morgan fingerprint density at radius 1 is 1.27 bits per heavy atom. The van der Waals surface area contributed by atoms with Crippen LogP contribution in [0.15, 0.2) is 0 Å². The van der Waals surface area contributed by atoms with Gasteiger partial charge in [0.25, 0.3) is 0 Å². The summed E-state index contributed by atoms with van der Waals surface area (Å²) < 4.78 is 0. The number of aliphatic hydroxyl groups excluding tert-OH is 1. The average molecular weight is 235 g/mol. The molecule has 88 valence electrons. The molecule has 0 aromatic rings. The molecule has 0 radical (unpaired) electrons. The molecular weight excluding hydrogens is 216 g/mol. The van der Waals surface area contributed by atoms with Crippen LogP contribution < -0.4 is 0 Å². The van der Waals surface area contributed by atoms with Gasteiger partial charge >= 0.3 is 0 Å². The normalized spacial score (nSPS) is 18.1. The summed E-state index contributed by atoms with van der Waals surface area (Å²) in [7, 11) is 0. The summed E-state index contributed by atoms with van der Waals surface area (Å²) in [4.78, 5) is 15.7. The van der Waals surface area contributed by atoms with Crippen molar-refractivity contribution in [2.24, 2.45) is 0 Å². The molecule has 5 heteroatoms. The molecule has 1 fully saturated rings. The van der Waals surface area contributed by atoms with Crippen molar-refractivity contribution in [3.63, 3.8) is 0 Å². The SMILES string of the molecule is O=C(CCCCl)N1CCN(CCO)CC1. The first-order chi connectivity index (χ1) is 7.27. The third-order valence-corrected chi connectivity index (χ3v) is 2.93. The zero-order valence-electron chi connectivity index (χ0n) is 8.99. The van der Waals surface area contributed by atoms with Gasteiger partial charge in [0.15, 0.2) is 0 Å². The molecule has 0 aromatic heterocycles. The van der Waals surface area contributed by atoms with E-state index in [1.807, 2.05) is 4.90 Å². The van der Waals surface area contributed by atoms with Crippen LogP contribution in [0.2, 0.25) is 0 Å². The molecule has 4 nitrogen and oxygen atoms in total. The molecule has 1 amide bonds. The van der Waals surface area contributed by atoms with E-state index in [0.29, 0.717) is 18.8 Å². The van der Waals surface area contributed by atoms with Gasteiger partial charge in [-0.25, -0.2) is 0 Å². The topological polar surface area (TPSA) is 43.8 Å². The van der Waals surface area contributed by atoms with Crippen molar-refractivity contribution in [2.75, 3.05) is 45.2 Å². The Kier molecular flexibility index (Phi) is 5.98. The van der Waals surface area contributed by atoms with E-state index in [9.17, 15) is 4.79 Å². The van der Waals surface area contributed by atoms with Gasteiger partial charge in [0.1, 0.15) is 0 Å². The van der Waals surface area contributed by atoms with Crippen molar-refractivity contribution in [3.8, 4) is 0 Å². The molecule has 1 rings (SSSR count). The number of hydrogen-bond acceptors (Lipinski definition) is 3. The summed E-state index contributed by atoms with van der Waals surface area (Å²) in [6.45, 7) is 4.20. The largest absolute Gasteiger partial charge is 0.395 e. The van der Waals surface area contributed by atoms with E-state index < -0.39 is 0 Å². The molecular formula is C10H19ClN2O2. The molecule has 1 saturated heterocycles. The fourth-order valence-corrected chi connectivity index (χ4v) is 1.87. The number of alkyl halides is 1. The van der Waals surface area contributed by atoms with Gasteiger partial charge in [-0.1, -0.05) is 0 Å². The van der Waals surface area contributed by atoms with E-state index in [4.69, 9.17) is 16.7 Å². The van der Waals surface area contributed by atoms with Crippen molar-refractivity contribution < 1.29 is 9.90 Å².